The number of benzene rings is 2. The lowest BCUT2D eigenvalue weighted by Gasteiger charge is -2.15. The van der Waals surface area contributed by atoms with Crippen molar-refractivity contribution < 1.29 is 34.3 Å². The second-order valence-corrected chi connectivity index (χ2v) is 10.2. The molecule has 2 aromatic heterocycles. The minimum Gasteiger partial charge on any atom is -0.479 e. The first-order valence-electron chi connectivity index (χ1n) is 12.8. The summed E-state index contributed by atoms with van der Waals surface area (Å²) in [5, 5.41) is 31.4. The summed E-state index contributed by atoms with van der Waals surface area (Å²) in [5.41, 5.74) is 5.51. The number of hydrogen-bond donors (Lipinski definition) is 5. The molecule has 40 heavy (non-hydrogen) atoms. The molecule has 0 bridgehead atoms. The highest BCUT2D eigenvalue weighted by Gasteiger charge is 2.48. The van der Waals surface area contributed by atoms with Crippen molar-refractivity contribution in [3.8, 4) is 28.4 Å². The molecule has 208 valence electrons. The highest BCUT2D eigenvalue weighted by Crippen LogP contribution is 2.33. The molecule has 0 saturated carbocycles. The number of carbonyl (C=O) groups is 1. The molecule has 2 aromatic carbocycles. The van der Waals surface area contributed by atoms with E-state index in [-0.39, 0.29) is 31.4 Å². The third kappa shape index (κ3) is 5.39. The molecule has 1 unspecified atom stereocenters. The zero-order valence-electron chi connectivity index (χ0n) is 21.2. The van der Waals surface area contributed by atoms with Crippen LogP contribution in [0.25, 0.3) is 33.5 Å². The second kappa shape index (κ2) is 11.1. The molecular weight excluding hydrogens is 540 g/mol. The van der Waals surface area contributed by atoms with Gasteiger partial charge in [-0.1, -0.05) is 60.1 Å². The number of aliphatic carboxylic acids is 1. The Kier molecular flexibility index (Phi) is 7.41. The van der Waals surface area contributed by atoms with Crippen LogP contribution in [0.3, 0.4) is 0 Å². The van der Waals surface area contributed by atoms with Crippen molar-refractivity contribution in [1.29, 1.82) is 0 Å². The number of hydrogen-bond acceptors (Lipinski definition) is 9. The monoisotopic (exact) mass is 566 g/mol. The van der Waals surface area contributed by atoms with Crippen LogP contribution in [-0.4, -0.2) is 86.5 Å². The van der Waals surface area contributed by atoms with Gasteiger partial charge in [0.2, 0.25) is 0 Å². The first kappa shape index (κ1) is 26.6. The van der Waals surface area contributed by atoms with E-state index in [2.05, 4.69) is 20.3 Å². The smallest absolute Gasteiger partial charge is 0.333 e. The summed E-state index contributed by atoms with van der Waals surface area (Å²) in [6.07, 6.45) is -3.21. The van der Waals surface area contributed by atoms with Crippen LogP contribution in [0.1, 0.15) is 5.56 Å². The van der Waals surface area contributed by atoms with Gasteiger partial charge in [0.1, 0.15) is 18.3 Å². The van der Waals surface area contributed by atoms with Gasteiger partial charge in [-0.3, -0.25) is 0 Å². The fraction of sp³-hybridized carbons (Fsp3) is 0.321. The summed E-state index contributed by atoms with van der Waals surface area (Å²) in [6, 6.07) is 17.8. The van der Waals surface area contributed by atoms with E-state index in [0.717, 1.165) is 22.3 Å². The van der Waals surface area contributed by atoms with Gasteiger partial charge >= 0.3 is 5.97 Å². The highest BCUT2D eigenvalue weighted by molar-refractivity contribution is 6.33. The zero-order chi connectivity index (χ0) is 27.8. The van der Waals surface area contributed by atoms with Crippen molar-refractivity contribution >= 4 is 28.7 Å². The molecule has 12 heteroatoms. The van der Waals surface area contributed by atoms with E-state index >= 15 is 0 Å². The molecule has 0 aliphatic carbocycles. The van der Waals surface area contributed by atoms with Crippen molar-refractivity contribution in [2.75, 3.05) is 19.8 Å². The van der Waals surface area contributed by atoms with Gasteiger partial charge in [-0.2, -0.15) is 4.98 Å². The molecule has 4 aromatic rings. The SMILES string of the molecule is O=C(O)C(O)CNCc1ccc(-c2ccc(-c3nc4nc(O[C@@H]5CO[C@H]6[C@@H]5OC[C@H]6O)[nH]c4cc3Cl)cc2)cc1. The maximum absolute atomic E-state index is 10.7. The molecule has 4 heterocycles. The van der Waals surface area contributed by atoms with E-state index in [1.807, 2.05) is 48.5 Å². The number of imidazole rings is 1. The Morgan fingerprint density at radius 2 is 1.73 bits per heavy atom. The van der Waals surface area contributed by atoms with E-state index in [1.165, 1.54) is 0 Å². The molecule has 2 saturated heterocycles. The predicted octanol–water partition coefficient (Wildman–Crippen LogP) is 2.39. The van der Waals surface area contributed by atoms with Gasteiger partial charge in [-0.25, -0.2) is 9.78 Å². The third-order valence-electron chi connectivity index (χ3n) is 7.05. The van der Waals surface area contributed by atoms with E-state index in [0.29, 0.717) is 35.0 Å². The minimum absolute atomic E-state index is 0.0239. The molecule has 11 nitrogen and oxygen atoms in total. The van der Waals surface area contributed by atoms with Gasteiger partial charge in [0.05, 0.1) is 29.4 Å². The fourth-order valence-electron chi connectivity index (χ4n) is 4.92. The Labute approximate surface area is 233 Å². The van der Waals surface area contributed by atoms with Crippen LogP contribution < -0.4 is 10.1 Å². The number of pyridine rings is 1. The quantitative estimate of drug-likeness (QED) is 0.203. The topological polar surface area (TPSA) is 159 Å². The number of aromatic nitrogens is 3. The summed E-state index contributed by atoms with van der Waals surface area (Å²) in [5.74, 6) is -1.25. The number of carboxylic acid groups (broad SMARTS) is 1. The number of nitrogens with one attached hydrogen (secondary N) is 2. The van der Waals surface area contributed by atoms with Gasteiger partial charge < -0.3 is 39.8 Å². The van der Waals surface area contributed by atoms with Crippen molar-refractivity contribution in [3.63, 3.8) is 0 Å². The van der Waals surface area contributed by atoms with Gasteiger partial charge in [-0.15, -0.1) is 0 Å². The molecule has 2 aliphatic heterocycles. The van der Waals surface area contributed by atoms with Crippen molar-refractivity contribution in [3.05, 3.63) is 65.2 Å². The molecule has 2 fully saturated rings. The number of ether oxygens (including phenoxy) is 3. The Balaban J connectivity index is 1.13. The summed E-state index contributed by atoms with van der Waals surface area (Å²) >= 11 is 6.59. The summed E-state index contributed by atoms with van der Waals surface area (Å²) in [7, 11) is 0. The van der Waals surface area contributed by atoms with Crippen LogP contribution in [0.4, 0.5) is 0 Å². The van der Waals surface area contributed by atoms with E-state index in [1.54, 1.807) is 6.07 Å². The lowest BCUT2D eigenvalue weighted by Crippen LogP contribution is -2.34. The first-order valence-corrected chi connectivity index (χ1v) is 13.2. The Bertz CT molecular complexity index is 1510. The van der Waals surface area contributed by atoms with Crippen molar-refractivity contribution in [1.82, 2.24) is 20.3 Å². The molecule has 0 spiro atoms. The maximum atomic E-state index is 10.7. The van der Waals surface area contributed by atoms with Crippen LogP contribution >= 0.6 is 11.6 Å². The number of H-pyrrole nitrogens is 1. The molecule has 0 amide bonds. The Hall–Kier alpha value is -3.58. The number of carboxylic acids is 1. The zero-order valence-corrected chi connectivity index (χ0v) is 21.9. The largest absolute Gasteiger partial charge is 0.479 e. The maximum Gasteiger partial charge on any atom is 0.333 e. The van der Waals surface area contributed by atoms with Crippen LogP contribution in [0.15, 0.2) is 54.6 Å². The average Bonchev–Trinajstić information content (AvgIpc) is 3.65. The average molecular weight is 567 g/mol. The standard InChI is InChI=1S/C28H27ClN4O7/c29-18-9-19-26(33-28(31-19)40-22-13-39-24-21(35)12-38-25(22)24)32-23(18)17-7-5-16(6-8-17)15-3-1-14(2-4-15)10-30-11-20(34)27(36)37/h1-9,20-22,24-25,30,34-35H,10-13H2,(H,36,37)(H,31,32,33)/t20?,21-,22-,24-,25-/m1/s1. The Morgan fingerprint density at radius 1 is 1.05 bits per heavy atom. The van der Waals surface area contributed by atoms with E-state index in [4.69, 9.17) is 30.9 Å². The number of aliphatic hydroxyl groups is 2. The fourth-order valence-corrected chi connectivity index (χ4v) is 5.18. The van der Waals surface area contributed by atoms with Crippen molar-refractivity contribution in [2.24, 2.45) is 0 Å². The van der Waals surface area contributed by atoms with E-state index < -0.39 is 24.3 Å². The minimum atomic E-state index is -1.43. The lowest BCUT2D eigenvalue weighted by atomic mass is 10.0. The molecule has 6 rings (SSSR count). The normalized spacial score (nSPS) is 22.9. The van der Waals surface area contributed by atoms with Gasteiger partial charge in [0.25, 0.3) is 6.01 Å². The Morgan fingerprint density at radius 3 is 2.45 bits per heavy atom. The van der Waals surface area contributed by atoms with Gasteiger partial charge in [0.15, 0.2) is 17.9 Å². The summed E-state index contributed by atoms with van der Waals surface area (Å²) in [6.45, 7) is 0.942. The number of fused-ring (bicyclic) bond motifs is 2. The second-order valence-electron chi connectivity index (χ2n) is 9.81. The predicted molar refractivity (Wildman–Crippen MR) is 145 cm³/mol. The number of halogens is 1. The van der Waals surface area contributed by atoms with Crippen LogP contribution in [0, 0.1) is 0 Å². The number of nitrogens with zero attached hydrogens (tertiary/aromatic N) is 2. The summed E-state index contributed by atoms with van der Waals surface area (Å²) < 4.78 is 17.2. The first-order chi connectivity index (χ1) is 19.4. The molecule has 2 aliphatic rings. The van der Waals surface area contributed by atoms with Crippen LogP contribution in [0.5, 0.6) is 6.01 Å². The van der Waals surface area contributed by atoms with Crippen LogP contribution in [0.2, 0.25) is 5.02 Å². The van der Waals surface area contributed by atoms with Gasteiger partial charge in [0, 0.05) is 18.7 Å². The number of aliphatic hydroxyl groups excluding tert-OH is 2. The van der Waals surface area contributed by atoms with E-state index in [9.17, 15) is 15.0 Å². The van der Waals surface area contributed by atoms with Crippen LogP contribution in [-0.2, 0) is 20.8 Å². The molecular formula is C28H27ClN4O7. The lowest BCUT2D eigenvalue weighted by molar-refractivity contribution is -0.146. The number of aromatic amines is 1. The highest BCUT2D eigenvalue weighted by atomic mass is 35.5. The molecule has 5 N–H and O–H groups in total. The molecule has 0 radical (unpaired) electrons. The molecule has 5 atom stereocenters. The third-order valence-corrected chi connectivity index (χ3v) is 7.34. The van der Waals surface area contributed by atoms with Gasteiger partial charge in [-0.05, 0) is 22.8 Å². The van der Waals surface area contributed by atoms with Crippen molar-refractivity contribution in [2.45, 2.75) is 37.1 Å². The number of rotatable bonds is 9. The summed E-state index contributed by atoms with van der Waals surface area (Å²) in [4.78, 5) is 22.9.